The van der Waals surface area contributed by atoms with Crippen molar-refractivity contribution in [2.75, 3.05) is 10.6 Å². The van der Waals surface area contributed by atoms with Gasteiger partial charge in [-0.15, -0.1) is 0 Å². The molecule has 0 amide bonds. The van der Waals surface area contributed by atoms with Crippen molar-refractivity contribution in [2.45, 2.75) is 13.1 Å². The number of anilines is 2. The molecule has 26 heavy (non-hydrogen) atoms. The highest BCUT2D eigenvalue weighted by Gasteiger charge is 2.33. The van der Waals surface area contributed by atoms with E-state index in [2.05, 4.69) is 10.6 Å². The topological polar surface area (TPSA) is 54.3 Å². The summed E-state index contributed by atoms with van der Waals surface area (Å²) in [7, 11) is 0. The third-order valence-electron chi connectivity index (χ3n) is 3.58. The minimum absolute atomic E-state index is 0.173. The molecular weight excluding hydrogens is 365 g/mol. The highest BCUT2D eigenvalue weighted by molar-refractivity contribution is 7.80. The molecule has 134 valence electrons. The predicted molar refractivity (Wildman–Crippen MR) is 98.5 cm³/mol. The first-order valence-corrected chi connectivity index (χ1v) is 7.93. The number of hydrogen-bond acceptors (Lipinski definition) is 3. The van der Waals surface area contributed by atoms with Gasteiger partial charge < -0.3 is 15.1 Å². The number of thiocarbonyl (C=S) groups is 1. The third-order valence-corrected chi connectivity index (χ3v) is 3.79. The van der Waals surface area contributed by atoms with E-state index >= 15 is 0 Å². The highest BCUT2D eigenvalue weighted by atomic mass is 32.1. The Balaban J connectivity index is 1.87. The van der Waals surface area contributed by atoms with Crippen LogP contribution in [0.1, 0.15) is 11.1 Å². The van der Waals surface area contributed by atoms with E-state index in [1.54, 1.807) is 0 Å². The Bertz CT molecular complexity index is 1040. The van der Waals surface area contributed by atoms with Crippen LogP contribution in [-0.2, 0) is 6.18 Å². The maximum absolute atomic E-state index is 13.1. The van der Waals surface area contributed by atoms with Gasteiger partial charge in [0.1, 0.15) is 5.58 Å². The number of nitrogens with one attached hydrogen (secondary N) is 2. The molecule has 2 N–H and O–H groups in total. The maximum atomic E-state index is 13.1. The number of rotatable bonds is 2. The summed E-state index contributed by atoms with van der Waals surface area (Å²) < 4.78 is 44.1. The molecule has 8 heteroatoms. The number of aryl methyl sites for hydroxylation is 1. The summed E-state index contributed by atoms with van der Waals surface area (Å²) >= 11 is 5.20. The second-order valence-corrected chi connectivity index (χ2v) is 6.04. The van der Waals surface area contributed by atoms with Crippen LogP contribution in [0, 0.1) is 6.92 Å². The smallest absolute Gasteiger partial charge is 0.417 e. The fourth-order valence-electron chi connectivity index (χ4n) is 2.49. The van der Waals surface area contributed by atoms with Crippen LogP contribution in [0.15, 0.2) is 57.7 Å². The second-order valence-electron chi connectivity index (χ2n) is 5.64. The largest absolute Gasteiger partial charge is 0.423 e. The summed E-state index contributed by atoms with van der Waals surface area (Å²) in [6, 6.07) is 11.9. The van der Waals surface area contributed by atoms with E-state index in [9.17, 15) is 18.0 Å². The van der Waals surface area contributed by atoms with E-state index in [0.717, 1.165) is 11.3 Å². The van der Waals surface area contributed by atoms with Crippen LogP contribution in [0.5, 0.6) is 0 Å². The van der Waals surface area contributed by atoms with Gasteiger partial charge in [-0.05, 0) is 49.0 Å². The van der Waals surface area contributed by atoms with E-state index in [4.69, 9.17) is 16.6 Å². The van der Waals surface area contributed by atoms with E-state index in [-0.39, 0.29) is 16.1 Å². The molecular formula is C18H13F3N2O2S. The molecule has 0 unspecified atom stereocenters. The van der Waals surface area contributed by atoms with Gasteiger partial charge in [0.2, 0.25) is 0 Å². The molecule has 0 saturated carbocycles. The molecule has 2 aromatic carbocycles. The number of halogens is 3. The molecule has 1 aromatic heterocycles. The van der Waals surface area contributed by atoms with Gasteiger partial charge in [-0.1, -0.05) is 12.1 Å². The first kappa shape index (κ1) is 17.9. The van der Waals surface area contributed by atoms with Gasteiger partial charge in [-0.2, -0.15) is 13.2 Å². The van der Waals surface area contributed by atoms with E-state index in [1.165, 1.54) is 18.2 Å². The first-order chi connectivity index (χ1) is 12.2. The van der Waals surface area contributed by atoms with Crippen molar-refractivity contribution >= 4 is 39.7 Å². The summed E-state index contributed by atoms with van der Waals surface area (Å²) in [5.41, 5.74) is -0.0596. The summed E-state index contributed by atoms with van der Waals surface area (Å²) in [5, 5.41) is 5.89. The predicted octanol–water partition coefficient (Wildman–Crippen LogP) is 4.93. The molecule has 0 saturated heterocycles. The lowest BCUT2D eigenvalue weighted by Crippen LogP contribution is -2.19. The molecule has 0 aliphatic rings. The maximum Gasteiger partial charge on any atom is 0.417 e. The van der Waals surface area contributed by atoms with Gasteiger partial charge in [0.15, 0.2) is 5.11 Å². The molecule has 0 aliphatic carbocycles. The Labute approximate surface area is 151 Å². The van der Waals surface area contributed by atoms with Gasteiger partial charge in [-0.3, -0.25) is 0 Å². The normalized spacial score (nSPS) is 11.4. The number of alkyl halides is 3. The van der Waals surface area contributed by atoms with E-state index in [0.29, 0.717) is 11.8 Å². The second kappa shape index (κ2) is 6.80. The fourth-order valence-corrected chi connectivity index (χ4v) is 2.73. The molecule has 0 radical (unpaired) electrons. The fraction of sp³-hybridized carbons (Fsp3) is 0.111. The zero-order valence-corrected chi connectivity index (χ0v) is 14.3. The molecule has 1 heterocycles. The van der Waals surface area contributed by atoms with Crippen LogP contribution in [0.25, 0.3) is 11.0 Å². The standard InChI is InChI=1S/C18H13F3N2O2S/c1-10-3-2-4-11(7-10)22-17(26)23-12-5-6-13-14(18(19,20)21)9-16(24)25-15(13)8-12/h2-9H,1H3,(H2,22,23,26). The zero-order chi connectivity index (χ0) is 18.9. The van der Waals surface area contributed by atoms with Crippen molar-refractivity contribution in [3.63, 3.8) is 0 Å². The van der Waals surface area contributed by atoms with Gasteiger partial charge in [0.05, 0.1) is 5.56 Å². The van der Waals surface area contributed by atoms with Crippen molar-refractivity contribution < 1.29 is 17.6 Å². The summed E-state index contributed by atoms with van der Waals surface area (Å²) in [6.07, 6.45) is -4.65. The lowest BCUT2D eigenvalue weighted by Gasteiger charge is -2.13. The number of hydrogen-bond donors (Lipinski definition) is 2. The Hall–Kier alpha value is -2.87. The summed E-state index contributed by atoms with van der Waals surface area (Å²) in [5.74, 6) is 0. The Morgan fingerprint density at radius 1 is 1.04 bits per heavy atom. The van der Waals surface area contributed by atoms with Gasteiger partial charge in [-0.25, -0.2) is 4.79 Å². The molecule has 0 bridgehead atoms. The van der Waals surface area contributed by atoms with E-state index in [1.807, 2.05) is 31.2 Å². The van der Waals surface area contributed by atoms with Crippen molar-refractivity contribution in [1.82, 2.24) is 0 Å². The lowest BCUT2D eigenvalue weighted by atomic mass is 10.1. The van der Waals surface area contributed by atoms with Gasteiger partial charge in [0, 0.05) is 28.9 Å². The van der Waals surface area contributed by atoms with E-state index < -0.39 is 17.4 Å². The molecule has 4 nitrogen and oxygen atoms in total. The van der Waals surface area contributed by atoms with Crippen LogP contribution < -0.4 is 16.3 Å². The van der Waals surface area contributed by atoms with Crippen LogP contribution in [-0.4, -0.2) is 5.11 Å². The minimum Gasteiger partial charge on any atom is -0.423 e. The van der Waals surface area contributed by atoms with Crippen LogP contribution >= 0.6 is 12.2 Å². The lowest BCUT2D eigenvalue weighted by molar-refractivity contribution is -0.136. The third kappa shape index (κ3) is 4.02. The van der Waals surface area contributed by atoms with Gasteiger partial charge >= 0.3 is 11.8 Å². The molecule has 0 aliphatic heterocycles. The SMILES string of the molecule is Cc1cccc(NC(=S)Nc2ccc3c(C(F)(F)F)cc(=O)oc3c2)c1. The Morgan fingerprint density at radius 2 is 1.73 bits per heavy atom. The molecule has 0 atom stereocenters. The summed E-state index contributed by atoms with van der Waals surface area (Å²) in [4.78, 5) is 11.4. The quantitative estimate of drug-likeness (QED) is 0.489. The molecule has 0 spiro atoms. The monoisotopic (exact) mass is 378 g/mol. The molecule has 0 fully saturated rings. The average molecular weight is 378 g/mol. The average Bonchev–Trinajstić information content (AvgIpc) is 2.52. The minimum atomic E-state index is -4.65. The number of benzene rings is 2. The van der Waals surface area contributed by atoms with Crippen molar-refractivity contribution in [3.8, 4) is 0 Å². The highest BCUT2D eigenvalue weighted by Crippen LogP contribution is 2.34. The van der Waals surface area contributed by atoms with Crippen molar-refractivity contribution in [1.29, 1.82) is 0 Å². The van der Waals surface area contributed by atoms with Crippen LogP contribution in [0.4, 0.5) is 24.5 Å². The Kier molecular flexibility index (Phi) is 4.69. The molecule has 3 aromatic rings. The van der Waals surface area contributed by atoms with Crippen molar-refractivity contribution in [3.05, 3.63) is 70.1 Å². The summed E-state index contributed by atoms with van der Waals surface area (Å²) in [6.45, 7) is 1.94. The molecule has 3 rings (SSSR count). The first-order valence-electron chi connectivity index (χ1n) is 7.52. The number of fused-ring (bicyclic) bond motifs is 1. The van der Waals surface area contributed by atoms with Gasteiger partial charge in [0.25, 0.3) is 0 Å². The zero-order valence-electron chi connectivity index (χ0n) is 13.5. The van der Waals surface area contributed by atoms with Crippen molar-refractivity contribution in [2.24, 2.45) is 0 Å². The Morgan fingerprint density at radius 3 is 2.38 bits per heavy atom. The van der Waals surface area contributed by atoms with Crippen LogP contribution in [0.3, 0.4) is 0 Å². The van der Waals surface area contributed by atoms with Crippen LogP contribution in [0.2, 0.25) is 0 Å².